The first-order chi connectivity index (χ1) is 6.87. The van der Waals surface area contributed by atoms with Gasteiger partial charge in [-0.2, -0.15) is 0 Å². The van der Waals surface area contributed by atoms with E-state index in [1.54, 1.807) is 0 Å². The fraction of sp³-hybridized carbons (Fsp3) is 0.538. The molecule has 1 nitrogen and oxygen atoms in total. The van der Waals surface area contributed by atoms with Crippen molar-refractivity contribution in [1.82, 2.24) is 0 Å². The maximum Gasteiger partial charge on any atom is 0.235 e. The number of hydrogen-bond acceptors (Lipinski definition) is 1. The van der Waals surface area contributed by atoms with Crippen LogP contribution in [0, 0.1) is 5.41 Å². The third-order valence-corrected chi connectivity index (χ3v) is 1.96. The Kier molecular flexibility index (Phi) is 3.72. The molecule has 84 valence electrons. The van der Waals surface area contributed by atoms with Crippen molar-refractivity contribution in [3.8, 4) is 5.75 Å². The highest BCUT2D eigenvalue weighted by molar-refractivity contribution is 5.27. The molecule has 0 saturated carbocycles. The summed E-state index contributed by atoms with van der Waals surface area (Å²) in [4.78, 5) is 0. The Balaban J connectivity index is 2.64. The molecule has 0 bridgehead atoms. The average Bonchev–Trinajstić information content (AvgIpc) is 2.05. The predicted octanol–water partition coefficient (Wildman–Crippen LogP) is 3.97. The minimum Gasteiger partial charge on any atom is -0.461 e. The summed E-state index contributed by atoms with van der Waals surface area (Å²) in [5, 5.41) is 0. The van der Waals surface area contributed by atoms with Crippen molar-refractivity contribution in [2.75, 3.05) is 0 Å². The zero-order valence-corrected chi connectivity index (χ0v) is 9.88. The molecule has 1 atom stereocenters. The lowest BCUT2D eigenvalue weighted by molar-refractivity contribution is 0.0860. The van der Waals surface area contributed by atoms with Crippen LogP contribution in [0.1, 0.15) is 33.3 Å². The molecule has 0 saturated heterocycles. The van der Waals surface area contributed by atoms with Gasteiger partial charge in [0.05, 0.1) is 0 Å². The summed E-state index contributed by atoms with van der Waals surface area (Å²) in [5.41, 5.74) is 1.52. The van der Waals surface area contributed by atoms with Gasteiger partial charge in [0.15, 0.2) is 0 Å². The van der Waals surface area contributed by atoms with Crippen LogP contribution in [0.4, 0.5) is 4.39 Å². The number of rotatable bonds is 3. The van der Waals surface area contributed by atoms with Gasteiger partial charge in [-0.05, 0) is 29.5 Å². The van der Waals surface area contributed by atoms with Gasteiger partial charge in [-0.15, -0.1) is 0 Å². The first-order valence-electron chi connectivity index (χ1n) is 5.26. The van der Waals surface area contributed by atoms with Gasteiger partial charge in [0, 0.05) is 6.92 Å². The molecule has 1 rings (SSSR count). The van der Waals surface area contributed by atoms with Gasteiger partial charge in [-0.25, -0.2) is 4.39 Å². The van der Waals surface area contributed by atoms with Crippen LogP contribution in [0.3, 0.4) is 0 Å². The van der Waals surface area contributed by atoms with E-state index >= 15 is 0 Å². The summed E-state index contributed by atoms with van der Waals surface area (Å²) in [6.07, 6.45) is -0.239. The summed E-state index contributed by atoms with van der Waals surface area (Å²) in [7, 11) is 0. The number of ether oxygens (including phenoxy) is 1. The fourth-order valence-electron chi connectivity index (χ4n) is 1.49. The van der Waals surface area contributed by atoms with Gasteiger partial charge in [0.25, 0.3) is 0 Å². The van der Waals surface area contributed by atoms with Crippen LogP contribution in [-0.2, 0) is 6.42 Å². The third-order valence-electron chi connectivity index (χ3n) is 1.96. The highest BCUT2D eigenvalue weighted by Gasteiger charge is 2.11. The topological polar surface area (TPSA) is 9.23 Å². The molecular formula is C13H19FO. The molecule has 1 unspecified atom stereocenters. The minimum absolute atomic E-state index is 0.274. The van der Waals surface area contributed by atoms with Crippen LogP contribution in [0.2, 0.25) is 0 Å². The second kappa shape index (κ2) is 4.65. The van der Waals surface area contributed by atoms with Gasteiger partial charge in [-0.3, -0.25) is 0 Å². The standard InChI is InChI=1S/C13H19FO/c1-10(14)15-12-7-5-11(6-8-12)9-13(2,3)4/h5-8,10H,9H2,1-4H3. The van der Waals surface area contributed by atoms with E-state index in [1.165, 1.54) is 12.5 Å². The second-order valence-corrected chi connectivity index (χ2v) is 5.04. The zero-order valence-electron chi connectivity index (χ0n) is 9.88. The number of halogens is 1. The smallest absolute Gasteiger partial charge is 0.235 e. The monoisotopic (exact) mass is 210 g/mol. The van der Waals surface area contributed by atoms with Gasteiger partial charge in [0.2, 0.25) is 6.36 Å². The van der Waals surface area contributed by atoms with Crippen molar-refractivity contribution in [1.29, 1.82) is 0 Å². The van der Waals surface area contributed by atoms with E-state index in [4.69, 9.17) is 4.74 Å². The van der Waals surface area contributed by atoms with E-state index in [0.29, 0.717) is 5.75 Å². The number of hydrogen-bond donors (Lipinski definition) is 0. The highest BCUT2D eigenvalue weighted by atomic mass is 19.1. The number of alkyl halides is 1. The van der Waals surface area contributed by atoms with Crippen LogP contribution in [0.25, 0.3) is 0 Å². The van der Waals surface area contributed by atoms with E-state index in [2.05, 4.69) is 20.8 Å². The summed E-state index contributed by atoms with van der Waals surface area (Å²) < 4.78 is 17.5. The first-order valence-corrected chi connectivity index (χ1v) is 5.26. The fourth-order valence-corrected chi connectivity index (χ4v) is 1.49. The minimum atomic E-state index is -1.25. The Morgan fingerprint density at radius 1 is 1.20 bits per heavy atom. The molecule has 15 heavy (non-hydrogen) atoms. The van der Waals surface area contributed by atoms with Crippen LogP contribution in [-0.4, -0.2) is 6.36 Å². The van der Waals surface area contributed by atoms with Crippen LogP contribution in [0.15, 0.2) is 24.3 Å². The maximum atomic E-state index is 12.5. The SMILES string of the molecule is CC(F)Oc1ccc(CC(C)(C)C)cc1. The van der Waals surface area contributed by atoms with Crippen molar-refractivity contribution in [3.05, 3.63) is 29.8 Å². The first kappa shape index (κ1) is 12.0. The Morgan fingerprint density at radius 3 is 2.13 bits per heavy atom. The molecule has 0 aliphatic heterocycles. The largest absolute Gasteiger partial charge is 0.461 e. The zero-order chi connectivity index (χ0) is 11.5. The van der Waals surface area contributed by atoms with Crippen LogP contribution in [0.5, 0.6) is 5.75 Å². The van der Waals surface area contributed by atoms with Crippen LogP contribution >= 0.6 is 0 Å². The van der Waals surface area contributed by atoms with Crippen molar-refractivity contribution < 1.29 is 9.13 Å². The maximum absolute atomic E-state index is 12.5. The van der Waals surface area contributed by atoms with Crippen molar-refractivity contribution >= 4 is 0 Å². The van der Waals surface area contributed by atoms with E-state index in [0.717, 1.165) is 6.42 Å². The Labute approximate surface area is 91.3 Å². The van der Waals surface area contributed by atoms with Gasteiger partial charge >= 0.3 is 0 Å². The van der Waals surface area contributed by atoms with Gasteiger partial charge < -0.3 is 4.74 Å². The van der Waals surface area contributed by atoms with Crippen molar-refractivity contribution in [2.24, 2.45) is 5.41 Å². The van der Waals surface area contributed by atoms with E-state index in [1.807, 2.05) is 24.3 Å². The quantitative estimate of drug-likeness (QED) is 0.733. The molecule has 0 aliphatic rings. The molecule has 0 N–H and O–H groups in total. The molecule has 0 radical (unpaired) electrons. The summed E-state index contributed by atoms with van der Waals surface area (Å²) >= 11 is 0. The Morgan fingerprint density at radius 2 is 1.73 bits per heavy atom. The molecular weight excluding hydrogens is 191 g/mol. The van der Waals surface area contributed by atoms with E-state index < -0.39 is 6.36 Å². The summed E-state index contributed by atoms with van der Waals surface area (Å²) in [6, 6.07) is 7.61. The van der Waals surface area contributed by atoms with Gasteiger partial charge in [-0.1, -0.05) is 32.9 Å². The summed E-state index contributed by atoms with van der Waals surface area (Å²) in [6.45, 7) is 7.96. The van der Waals surface area contributed by atoms with Crippen LogP contribution < -0.4 is 4.74 Å². The predicted molar refractivity (Wildman–Crippen MR) is 60.8 cm³/mol. The molecule has 0 aliphatic carbocycles. The molecule has 2 heteroatoms. The number of benzene rings is 1. The average molecular weight is 210 g/mol. The van der Waals surface area contributed by atoms with Crippen molar-refractivity contribution in [3.63, 3.8) is 0 Å². The second-order valence-electron chi connectivity index (χ2n) is 5.04. The molecule has 1 aromatic carbocycles. The van der Waals surface area contributed by atoms with Crippen molar-refractivity contribution in [2.45, 2.75) is 40.5 Å². The Hall–Kier alpha value is -1.05. The lowest BCUT2D eigenvalue weighted by Gasteiger charge is -2.18. The van der Waals surface area contributed by atoms with E-state index in [-0.39, 0.29) is 5.41 Å². The lowest BCUT2D eigenvalue weighted by atomic mass is 9.88. The highest BCUT2D eigenvalue weighted by Crippen LogP contribution is 2.22. The molecule has 0 amide bonds. The molecule has 0 fully saturated rings. The summed E-state index contributed by atoms with van der Waals surface area (Å²) in [5.74, 6) is 0.586. The Bertz CT molecular complexity index is 295. The molecule has 0 aromatic heterocycles. The lowest BCUT2D eigenvalue weighted by Crippen LogP contribution is -2.09. The molecule has 0 heterocycles. The normalized spacial score (nSPS) is 13.7. The van der Waals surface area contributed by atoms with Gasteiger partial charge in [0.1, 0.15) is 5.75 Å². The molecule has 0 spiro atoms. The molecule has 1 aromatic rings. The van der Waals surface area contributed by atoms with E-state index in [9.17, 15) is 4.39 Å². The third kappa shape index (κ3) is 4.82.